The van der Waals surface area contributed by atoms with Crippen LogP contribution in [0.3, 0.4) is 0 Å². The second-order valence-electron chi connectivity index (χ2n) is 6.44. The molecule has 2 N–H and O–H groups in total. The Kier molecular flexibility index (Phi) is 8.28. The van der Waals surface area contributed by atoms with E-state index in [0.29, 0.717) is 0 Å². The second-order valence-corrected chi connectivity index (χ2v) is 6.44. The first-order chi connectivity index (χ1) is 10.6. The van der Waals surface area contributed by atoms with Crippen LogP contribution in [-0.4, -0.2) is 54.8 Å². The third-order valence-corrected chi connectivity index (χ3v) is 4.44. The van der Waals surface area contributed by atoms with Gasteiger partial charge in [-0.2, -0.15) is 0 Å². The second kappa shape index (κ2) is 9.68. The Morgan fingerprint density at radius 3 is 2.52 bits per heavy atom. The summed E-state index contributed by atoms with van der Waals surface area (Å²) >= 11 is 0. The molecule has 1 aromatic rings. The van der Waals surface area contributed by atoms with Gasteiger partial charge < -0.3 is 23.0 Å². The summed E-state index contributed by atoms with van der Waals surface area (Å²) < 4.78 is 2.34. The van der Waals surface area contributed by atoms with Gasteiger partial charge in [-0.25, -0.2) is 4.58 Å². The van der Waals surface area contributed by atoms with Gasteiger partial charge in [0.25, 0.3) is 0 Å². The molecule has 2 atom stereocenters. The van der Waals surface area contributed by atoms with Crippen LogP contribution in [-0.2, 0) is 4.79 Å². The number of amides is 1. The Morgan fingerprint density at radius 2 is 1.91 bits per heavy atom. The van der Waals surface area contributed by atoms with Crippen LogP contribution in [0.1, 0.15) is 31.2 Å². The Bertz CT molecular complexity index is 516. The van der Waals surface area contributed by atoms with Crippen LogP contribution in [0.2, 0.25) is 0 Å². The van der Waals surface area contributed by atoms with Gasteiger partial charge in [-0.05, 0) is 39.1 Å². The Labute approximate surface area is 145 Å². The topological polar surface area (TPSA) is 49.3 Å². The fraction of sp³-hybridized carbons (Fsp3) is 0.556. The van der Waals surface area contributed by atoms with E-state index < -0.39 is 0 Å². The normalized spacial score (nSPS) is 21.8. The van der Waals surface area contributed by atoms with Crippen molar-refractivity contribution in [2.24, 2.45) is 11.7 Å². The summed E-state index contributed by atoms with van der Waals surface area (Å²) in [6.45, 7) is 1.88. The van der Waals surface area contributed by atoms with Crippen molar-refractivity contribution in [1.82, 2.24) is 4.90 Å². The molecule has 0 saturated heterocycles. The molecule has 0 heterocycles. The highest BCUT2D eigenvalue weighted by Crippen LogP contribution is 2.26. The average molecular weight is 338 g/mol. The minimum Gasteiger partial charge on any atom is -1.00 e. The van der Waals surface area contributed by atoms with Crippen molar-refractivity contribution in [2.75, 3.05) is 27.2 Å². The number of rotatable bonds is 6. The molecule has 1 aliphatic carbocycles. The third-order valence-electron chi connectivity index (χ3n) is 4.44. The number of likely N-dealkylation sites (N-methyl/N-ethyl adjacent to an activating group) is 1. The summed E-state index contributed by atoms with van der Waals surface area (Å²) in [5.41, 5.74) is 6.83. The summed E-state index contributed by atoms with van der Waals surface area (Å²) in [7, 11) is 4.15. The van der Waals surface area contributed by atoms with E-state index >= 15 is 0 Å². The van der Waals surface area contributed by atoms with Crippen LogP contribution in [0.25, 0.3) is 0 Å². The van der Waals surface area contributed by atoms with Crippen molar-refractivity contribution in [3.8, 4) is 0 Å². The van der Waals surface area contributed by atoms with Crippen LogP contribution in [0, 0.1) is 5.92 Å². The first-order valence-corrected chi connectivity index (χ1v) is 8.17. The van der Waals surface area contributed by atoms with Crippen molar-refractivity contribution in [1.29, 1.82) is 0 Å². The van der Waals surface area contributed by atoms with Crippen molar-refractivity contribution in [3.63, 3.8) is 0 Å². The van der Waals surface area contributed by atoms with Crippen molar-refractivity contribution < 1.29 is 21.8 Å². The average Bonchev–Trinajstić information content (AvgIpc) is 2.52. The molecule has 1 aliphatic rings. The van der Waals surface area contributed by atoms with E-state index in [4.69, 9.17) is 5.73 Å². The van der Waals surface area contributed by atoms with E-state index in [1.165, 1.54) is 12.0 Å². The SMILES string of the molecule is CN(C)CC[N+](=Cc1ccccc1)C1CCCCC1C(N)=O.[Cl-]. The van der Waals surface area contributed by atoms with E-state index in [2.05, 4.69) is 41.9 Å². The number of carbonyl (C=O) groups is 1. The Morgan fingerprint density at radius 1 is 1.26 bits per heavy atom. The third kappa shape index (κ3) is 5.96. The lowest BCUT2D eigenvalue weighted by molar-refractivity contribution is -0.570. The van der Waals surface area contributed by atoms with Gasteiger partial charge in [0, 0.05) is 12.0 Å². The summed E-state index contributed by atoms with van der Waals surface area (Å²) in [5, 5.41) is 0. The first-order valence-electron chi connectivity index (χ1n) is 8.17. The van der Waals surface area contributed by atoms with Crippen LogP contribution in [0.15, 0.2) is 30.3 Å². The lowest BCUT2D eigenvalue weighted by atomic mass is 9.83. The quantitative estimate of drug-likeness (QED) is 0.520. The van der Waals surface area contributed by atoms with Crippen molar-refractivity contribution in [2.45, 2.75) is 31.7 Å². The van der Waals surface area contributed by atoms with E-state index in [1.54, 1.807) is 0 Å². The number of nitrogens with zero attached hydrogens (tertiary/aromatic N) is 2. The standard InChI is InChI=1S/C18H27N3O.ClH/c1-20(2)12-13-21(14-15-8-4-3-5-9-15)17-11-7-6-10-16(17)18(19)22;/h3-5,8-9,14,16-17H,6-7,10-13H2,1-2H3,(H-,19,22);1H. The number of primary amides is 1. The van der Waals surface area contributed by atoms with Crippen LogP contribution in [0.5, 0.6) is 0 Å². The van der Waals surface area contributed by atoms with E-state index in [0.717, 1.165) is 32.4 Å². The molecule has 128 valence electrons. The zero-order chi connectivity index (χ0) is 15.9. The Balaban J connectivity index is 0.00000264. The molecule has 5 heteroatoms. The van der Waals surface area contributed by atoms with Gasteiger partial charge in [-0.3, -0.25) is 4.79 Å². The maximum atomic E-state index is 11.8. The predicted molar refractivity (Wildman–Crippen MR) is 90.2 cm³/mol. The summed E-state index contributed by atoms with van der Waals surface area (Å²) in [6, 6.07) is 10.5. The molecule has 0 aliphatic heterocycles. The van der Waals surface area contributed by atoms with Crippen LogP contribution >= 0.6 is 0 Å². The van der Waals surface area contributed by atoms with E-state index in [-0.39, 0.29) is 30.3 Å². The summed E-state index contributed by atoms with van der Waals surface area (Å²) in [4.78, 5) is 14.0. The molecular weight excluding hydrogens is 310 g/mol. The van der Waals surface area contributed by atoms with Gasteiger partial charge in [0.1, 0.15) is 0 Å². The molecule has 0 radical (unpaired) electrons. The summed E-state index contributed by atoms with van der Waals surface area (Å²) in [6.07, 6.45) is 6.44. The molecule has 0 spiro atoms. The number of benzene rings is 1. The van der Waals surface area contributed by atoms with Gasteiger partial charge in [-0.1, -0.05) is 24.6 Å². The number of carbonyl (C=O) groups excluding carboxylic acids is 1. The minimum absolute atomic E-state index is 0. The molecule has 1 amide bonds. The van der Waals surface area contributed by atoms with Crippen molar-refractivity contribution in [3.05, 3.63) is 35.9 Å². The molecule has 0 bridgehead atoms. The molecule has 1 fully saturated rings. The molecule has 0 aromatic heterocycles. The van der Waals surface area contributed by atoms with Gasteiger partial charge in [0.05, 0.1) is 12.5 Å². The van der Waals surface area contributed by atoms with Gasteiger partial charge in [0.15, 0.2) is 18.8 Å². The highest BCUT2D eigenvalue weighted by molar-refractivity contribution is 5.78. The van der Waals surface area contributed by atoms with Crippen LogP contribution < -0.4 is 18.1 Å². The fourth-order valence-electron chi connectivity index (χ4n) is 3.21. The zero-order valence-corrected chi connectivity index (χ0v) is 14.9. The molecule has 1 aromatic carbocycles. The minimum atomic E-state index is -0.152. The molecule has 1 saturated carbocycles. The molecule has 23 heavy (non-hydrogen) atoms. The predicted octanol–water partition coefficient (Wildman–Crippen LogP) is -1.27. The first kappa shape index (κ1) is 19.7. The van der Waals surface area contributed by atoms with Gasteiger partial charge in [0.2, 0.25) is 5.91 Å². The smallest absolute Gasteiger partial charge is 0.227 e. The van der Waals surface area contributed by atoms with Crippen LogP contribution in [0.4, 0.5) is 0 Å². The Hall–Kier alpha value is -1.39. The highest BCUT2D eigenvalue weighted by atomic mass is 35.5. The lowest BCUT2D eigenvalue weighted by Crippen LogP contribution is -3.00. The number of halogens is 1. The monoisotopic (exact) mass is 337 g/mol. The molecule has 2 rings (SSSR count). The molecule has 4 nitrogen and oxygen atoms in total. The lowest BCUT2D eigenvalue weighted by Gasteiger charge is -2.27. The number of hydrogen-bond acceptors (Lipinski definition) is 2. The number of hydrogen-bond donors (Lipinski definition) is 1. The van der Waals surface area contributed by atoms with E-state index in [1.807, 2.05) is 18.2 Å². The summed E-state index contributed by atoms with van der Waals surface area (Å²) in [5.74, 6) is -0.183. The maximum Gasteiger partial charge on any atom is 0.227 e. The zero-order valence-electron chi connectivity index (χ0n) is 14.1. The molecule has 2 unspecified atom stereocenters. The van der Waals surface area contributed by atoms with Gasteiger partial charge in [-0.15, -0.1) is 0 Å². The largest absolute Gasteiger partial charge is 1.00 e. The molecular formula is C18H28ClN3O. The fourth-order valence-corrected chi connectivity index (χ4v) is 3.21. The maximum absolute atomic E-state index is 11.8. The van der Waals surface area contributed by atoms with E-state index in [9.17, 15) is 4.79 Å². The number of nitrogens with two attached hydrogens (primary N) is 1. The van der Waals surface area contributed by atoms with Crippen molar-refractivity contribution >= 4 is 12.1 Å². The van der Waals surface area contributed by atoms with Gasteiger partial charge >= 0.3 is 0 Å². The highest BCUT2D eigenvalue weighted by Gasteiger charge is 2.36.